The molecule has 0 bridgehead atoms. The zero-order valence-electron chi connectivity index (χ0n) is 16.7. The summed E-state index contributed by atoms with van der Waals surface area (Å²) in [6, 6.07) is 13.1. The van der Waals surface area contributed by atoms with E-state index in [1.807, 2.05) is 44.2 Å². The molecule has 0 aliphatic heterocycles. The maximum atomic E-state index is 12.8. The van der Waals surface area contributed by atoms with Crippen molar-refractivity contribution in [1.29, 1.82) is 0 Å². The monoisotopic (exact) mass is 417 g/mol. The van der Waals surface area contributed by atoms with Crippen LogP contribution in [0.4, 0.5) is 24.8 Å². The maximum Gasteiger partial charge on any atom is 0.435 e. The highest BCUT2D eigenvalue weighted by atomic mass is 19.4. The van der Waals surface area contributed by atoms with E-state index in [1.165, 1.54) is 25.3 Å². The highest BCUT2D eigenvalue weighted by molar-refractivity contribution is 6.01. The van der Waals surface area contributed by atoms with Gasteiger partial charge in [0.25, 0.3) is 0 Å². The van der Waals surface area contributed by atoms with Crippen molar-refractivity contribution in [3.63, 3.8) is 0 Å². The Morgan fingerprint density at radius 3 is 2.37 bits per heavy atom. The molecule has 3 N–H and O–H groups in total. The van der Waals surface area contributed by atoms with Crippen LogP contribution in [0.25, 0.3) is 17.3 Å². The zero-order chi connectivity index (χ0) is 22.3. The summed E-state index contributed by atoms with van der Waals surface area (Å²) in [7, 11) is 1.38. The van der Waals surface area contributed by atoms with Crippen molar-refractivity contribution in [2.75, 3.05) is 11.1 Å². The highest BCUT2D eigenvalue weighted by Gasteiger charge is 2.34. The van der Waals surface area contributed by atoms with Crippen LogP contribution in [0.3, 0.4) is 0 Å². The molecule has 158 valence electrons. The maximum absolute atomic E-state index is 12.8. The number of hydrogen-bond donors (Lipinski definition) is 2. The first-order chi connectivity index (χ1) is 14.2. The summed E-state index contributed by atoms with van der Waals surface area (Å²) in [5, 5.41) is 6.01. The Labute approximate surface area is 172 Å². The van der Waals surface area contributed by atoms with Gasteiger partial charge in [0.05, 0.1) is 5.69 Å². The molecule has 0 radical (unpaired) electrons. The first-order valence-corrected chi connectivity index (χ1v) is 9.16. The van der Waals surface area contributed by atoms with Gasteiger partial charge in [0.1, 0.15) is 11.6 Å². The number of nitrogen functional groups attached to an aromatic ring is 1. The van der Waals surface area contributed by atoms with Crippen molar-refractivity contribution in [3.05, 3.63) is 65.9 Å². The normalized spacial score (nSPS) is 11.1. The summed E-state index contributed by atoms with van der Waals surface area (Å²) in [6.45, 7) is 4.00. The molecule has 2 aromatic heterocycles. The van der Waals surface area contributed by atoms with E-state index < -0.39 is 17.8 Å². The molecule has 6 nitrogen and oxygen atoms in total. The number of nitrogens with zero attached hydrogens (tertiary/aromatic N) is 3. The van der Waals surface area contributed by atoms with Crippen LogP contribution >= 0.6 is 0 Å². The topological polar surface area (TPSA) is 85.8 Å². The van der Waals surface area contributed by atoms with E-state index in [-0.39, 0.29) is 22.9 Å². The Hall–Kier alpha value is -3.62. The number of amides is 1. The van der Waals surface area contributed by atoms with E-state index in [1.54, 1.807) is 6.08 Å². The van der Waals surface area contributed by atoms with E-state index in [0.717, 1.165) is 16.3 Å². The van der Waals surface area contributed by atoms with Gasteiger partial charge in [-0.05, 0) is 29.8 Å². The van der Waals surface area contributed by atoms with Gasteiger partial charge in [-0.1, -0.05) is 44.2 Å². The van der Waals surface area contributed by atoms with Gasteiger partial charge in [0, 0.05) is 18.7 Å². The Kier molecular flexibility index (Phi) is 7.35. The van der Waals surface area contributed by atoms with Crippen molar-refractivity contribution in [1.82, 2.24) is 14.8 Å². The number of aromatic nitrogens is 3. The van der Waals surface area contributed by atoms with Crippen molar-refractivity contribution < 1.29 is 18.0 Å². The van der Waals surface area contributed by atoms with Gasteiger partial charge in [-0.15, -0.1) is 0 Å². The minimum absolute atomic E-state index is 0.0263. The lowest BCUT2D eigenvalue weighted by Gasteiger charge is -2.08. The Balaban J connectivity index is 0.00000155. The predicted octanol–water partition coefficient (Wildman–Crippen LogP) is 4.76. The zero-order valence-corrected chi connectivity index (χ0v) is 16.7. The van der Waals surface area contributed by atoms with Gasteiger partial charge < -0.3 is 11.1 Å². The molecule has 2 heterocycles. The van der Waals surface area contributed by atoms with Crippen LogP contribution < -0.4 is 11.1 Å². The summed E-state index contributed by atoms with van der Waals surface area (Å²) < 4.78 is 39.6. The Morgan fingerprint density at radius 1 is 1.13 bits per heavy atom. The lowest BCUT2D eigenvalue weighted by molar-refractivity contribution is -0.141. The number of carbonyl (C=O) groups is 1. The molecule has 0 spiro atoms. The van der Waals surface area contributed by atoms with Gasteiger partial charge in [0.15, 0.2) is 5.69 Å². The van der Waals surface area contributed by atoms with E-state index in [4.69, 9.17) is 5.73 Å². The number of carbonyl (C=O) groups excluding carboxylic acids is 1. The number of nitrogens with one attached hydrogen (secondary N) is 1. The molecule has 1 aromatic carbocycles. The van der Waals surface area contributed by atoms with Crippen molar-refractivity contribution in [2.24, 2.45) is 7.05 Å². The van der Waals surface area contributed by atoms with Crippen LogP contribution in [0.2, 0.25) is 0 Å². The number of hydrogen-bond acceptors (Lipinski definition) is 4. The number of anilines is 2. The minimum Gasteiger partial charge on any atom is -0.383 e. The molecule has 0 atom stereocenters. The van der Waals surface area contributed by atoms with Crippen LogP contribution in [0.5, 0.6) is 0 Å². The predicted molar refractivity (Wildman–Crippen MR) is 111 cm³/mol. The van der Waals surface area contributed by atoms with E-state index in [2.05, 4.69) is 15.4 Å². The summed E-state index contributed by atoms with van der Waals surface area (Å²) in [6.07, 6.45) is -1.57. The van der Waals surface area contributed by atoms with Crippen LogP contribution in [0.15, 0.2) is 54.6 Å². The largest absolute Gasteiger partial charge is 0.435 e. The molecule has 0 fully saturated rings. The summed E-state index contributed by atoms with van der Waals surface area (Å²) >= 11 is 0. The number of rotatable bonds is 4. The second-order valence-electron chi connectivity index (χ2n) is 5.90. The highest BCUT2D eigenvalue weighted by Crippen LogP contribution is 2.33. The number of nitrogens with two attached hydrogens (primary N) is 1. The third-order valence-electron chi connectivity index (χ3n) is 3.85. The van der Waals surface area contributed by atoms with Crippen molar-refractivity contribution in [3.8, 4) is 11.3 Å². The first kappa shape index (κ1) is 22.7. The molecule has 0 saturated carbocycles. The number of alkyl halides is 3. The standard InChI is InChI=1S/C19H16F3N5O.C2H6/c1-27-14(11-15(26-27)19(20,21)22)13-8-9-16(25-18(13)23)24-17(28)10-7-12-5-3-2-4-6-12;1-2/h2-11H,1H3,(H3,23,24,25,28);1-2H3/b10-7+;. The second-order valence-corrected chi connectivity index (χ2v) is 5.90. The quantitative estimate of drug-likeness (QED) is 0.599. The Morgan fingerprint density at radius 2 is 1.80 bits per heavy atom. The molecule has 3 rings (SSSR count). The number of aryl methyl sites for hydroxylation is 1. The van der Waals surface area contributed by atoms with Gasteiger partial charge in [0.2, 0.25) is 5.91 Å². The van der Waals surface area contributed by atoms with Crippen LogP contribution in [0, 0.1) is 0 Å². The SMILES string of the molecule is CC.Cn1nc(C(F)(F)F)cc1-c1ccc(NC(=O)/C=C/c2ccccc2)nc1N. The van der Waals surface area contributed by atoms with Crippen molar-refractivity contribution >= 4 is 23.6 Å². The molecule has 0 saturated heterocycles. The van der Waals surface area contributed by atoms with Gasteiger partial charge in [-0.25, -0.2) is 4.98 Å². The fraction of sp³-hybridized carbons (Fsp3) is 0.190. The minimum atomic E-state index is -4.56. The van der Waals surface area contributed by atoms with E-state index in [9.17, 15) is 18.0 Å². The fourth-order valence-electron chi connectivity index (χ4n) is 2.52. The van der Waals surface area contributed by atoms with Crippen LogP contribution in [-0.4, -0.2) is 20.7 Å². The van der Waals surface area contributed by atoms with E-state index in [0.29, 0.717) is 0 Å². The lowest BCUT2D eigenvalue weighted by atomic mass is 10.1. The third-order valence-corrected chi connectivity index (χ3v) is 3.85. The summed E-state index contributed by atoms with van der Waals surface area (Å²) in [5.74, 6) is -0.257. The van der Waals surface area contributed by atoms with Crippen LogP contribution in [0.1, 0.15) is 25.1 Å². The smallest absolute Gasteiger partial charge is 0.383 e. The lowest BCUT2D eigenvalue weighted by Crippen LogP contribution is -2.10. The molecule has 9 heteroatoms. The third kappa shape index (κ3) is 5.69. The molecule has 30 heavy (non-hydrogen) atoms. The summed E-state index contributed by atoms with van der Waals surface area (Å²) in [5.41, 5.74) is 6.16. The molecule has 0 unspecified atom stereocenters. The number of benzene rings is 1. The molecular weight excluding hydrogens is 395 g/mol. The number of halogens is 3. The Bertz CT molecular complexity index is 1030. The van der Waals surface area contributed by atoms with Crippen molar-refractivity contribution in [2.45, 2.75) is 20.0 Å². The molecule has 3 aromatic rings. The van der Waals surface area contributed by atoms with Gasteiger partial charge in [-0.3, -0.25) is 9.48 Å². The van der Waals surface area contributed by atoms with Gasteiger partial charge in [-0.2, -0.15) is 18.3 Å². The fourth-order valence-corrected chi connectivity index (χ4v) is 2.52. The van der Waals surface area contributed by atoms with Crippen LogP contribution in [-0.2, 0) is 18.0 Å². The average Bonchev–Trinajstić information content (AvgIpc) is 3.11. The molecule has 0 aliphatic rings. The molecule has 1 amide bonds. The first-order valence-electron chi connectivity index (χ1n) is 9.16. The molecular formula is C21H22F3N5O. The van der Waals surface area contributed by atoms with Gasteiger partial charge >= 0.3 is 6.18 Å². The molecule has 0 aliphatic carbocycles. The second kappa shape index (κ2) is 9.73. The average molecular weight is 417 g/mol. The van der Waals surface area contributed by atoms with E-state index >= 15 is 0 Å². The summed E-state index contributed by atoms with van der Waals surface area (Å²) in [4.78, 5) is 16.0. The number of pyridine rings is 1.